The molecule has 2 heterocycles. The van der Waals surface area contributed by atoms with E-state index in [2.05, 4.69) is 9.88 Å². The summed E-state index contributed by atoms with van der Waals surface area (Å²) in [6, 6.07) is 7.83. The molecule has 1 fully saturated rings. The Kier molecular flexibility index (Phi) is 6.40. The Bertz CT molecular complexity index is 820. The molecule has 1 aromatic carbocycles. The predicted molar refractivity (Wildman–Crippen MR) is 112 cm³/mol. The van der Waals surface area contributed by atoms with Crippen molar-refractivity contribution in [2.75, 3.05) is 29.4 Å². The highest BCUT2D eigenvalue weighted by atomic mass is 32.1. The van der Waals surface area contributed by atoms with Crippen molar-refractivity contribution in [1.29, 1.82) is 0 Å². The lowest BCUT2D eigenvalue weighted by atomic mass is 10.1. The number of carbonyl (C=O) groups is 2. The fraction of sp³-hybridized carbons (Fsp3) is 0.381. The first-order valence-electron chi connectivity index (χ1n) is 9.39. The number of ketones is 1. The molecule has 0 bridgehead atoms. The molecule has 0 N–H and O–H groups in total. The summed E-state index contributed by atoms with van der Waals surface area (Å²) in [5.41, 5.74) is 2.54. The zero-order chi connectivity index (χ0) is 19.2. The topological polar surface area (TPSA) is 53.5 Å². The van der Waals surface area contributed by atoms with Gasteiger partial charge in [0.1, 0.15) is 0 Å². The van der Waals surface area contributed by atoms with Crippen LogP contribution in [0.5, 0.6) is 0 Å². The summed E-state index contributed by atoms with van der Waals surface area (Å²) in [6.45, 7) is 6.20. The van der Waals surface area contributed by atoms with E-state index < -0.39 is 0 Å². The number of carbonyl (C=O) groups excluding carboxylic acids is 2. The van der Waals surface area contributed by atoms with Gasteiger partial charge in [-0.3, -0.25) is 14.5 Å². The van der Waals surface area contributed by atoms with Gasteiger partial charge < -0.3 is 4.90 Å². The highest BCUT2D eigenvalue weighted by Crippen LogP contribution is 2.22. The second kappa shape index (κ2) is 8.95. The summed E-state index contributed by atoms with van der Waals surface area (Å²) >= 11 is 1.40. The van der Waals surface area contributed by atoms with Crippen molar-refractivity contribution in [3.05, 3.63) is 47.0 Å². The van der Waals surface area contributed by atoms with E-state index in [4.69, 9.17) is 0 Å². The molecule has 2 aromatic rings. The zero-order valence-electron chi connectivity index (χ0n) is 15.9. The zero-order valence-corrected chi connectivity index (χ0v) is 16.7. The van der Waals surface area contributed by atoms with Crippen LogP contribution < -0.4 is 9.80 Å². The molecule has 1 saturated heterocycles. The van der Waals surface area contributed by atoms with Gasteiger partial charge in [-0.1, -0.05) is 0 Å². The van der Waals surface area contributed by atoms with Gasteiger partial charge in [0, 0.05) is 43.2 Å². The monoisotopic (exact) mass is 383 g/mol. The van der Waals surface area contributed by atoms with Crippen molar-refractivity contribution >= 4 is 39.9 Å². The summed E-state index contributed by atoms with van der Waals surface area (Å²) in [4.78, 5) is 32.4. The molecular weight excluding hydrogens is 358 g/mol. The van der Waals surface area contributed by atoms with E-state index in [1.807, 2.05) is 36.6 Å². The summed E-state index contributed by atoms with van der Waals surface area (Å²) in [5, 5.41) is 2.51. The molecular formula is C21H25N3O2S. The maximum absolute atomic E-state index is 12.4. The molecule has 3 rings (SSSR count). The third-order valence-corrected chi connectivity index (χ3v) is 5.60. The molecule has 0 radical (unpaired) electrons. The Morgan fingerprint density at radius 1 is 1.19 bits per heavy atom. The third kappa shape index (κ3) is 4.83. The Morgan fingerprint density at radius 2 is 1.89 bits per heavy atom. The minimum Gasteiger partial charge on any atom is -0.372 e. The Morgan fingerprint density at radius 3 is 2.52 bits per heavy atom. The van der Waals surface area contributed by atoms with Gasteiger partial charge in [-0.15, -0.1) is 11.3 Å². The van der Waals surface area contributed by atoms with E-state index in [1.165, 1.54) is 43.2 Å². The lowest BCUT2D eigenvalue weighted by Gasteiger charge is -2.28. The van der Waals surface area contributed by atoms with Crippen LogP contribution in [-0.4, -0.2) is 36.3 Å². The molecule has 1 aliphatic heterocycles. The standard InChI is InChI=1S/C21H25N3O2S/c1-3-24(16(2)25)21-22-18(15-27-21)9-12-20(26)17-7-10-19(11-8-17)23-13-5-4-6-14-23/h7-12,15H,3-6,13-14H2,1-2H3/b12-9+. The molecule has 1 amide bonds. The fourth-order valence-corrected chi connectivity index (χ4v) is 4.12. The Labute approximate surface area is 164 Å². The highest BCUT2D eigenvalue weighted by Gasteiger charge is 2.13. The minimum atomic E-state index is -0.0475. The van der Waals surface area contributed by atoms with Crippen molar-refractivity contribution in [1.82, 2.24) is 4.98 Å². The lowest BCUT2D eigenvalue weighted by molar-refractivity contribution is -0.116. The number of allylic oxidation sites excluding steroid dienone is 1. The van der Waals surface area contributed by atoms with Crippen LogP contribution in [0.3, 0.4) is 0 Å². The number of amides is 1. The average Bonchev–Trinajstić information content (AvgIpc) is 3.16. The van der Waals surface area contributed by atoms with Crippen LogP contribution in [0, 0.1) is 0 Å². The molecule has 1 aliphatic rings. The van der Waals surface area contributed by atoms with Gasteiger partial charge in [0.05, 0.1) is 5.69 Å². The quantitative estimate of drug-likeness (QED) is 0.548. The van der Waals surface area contributed by atoms with E-state index in [-0.39, 0.29) is 11.7 Å². The molecule has 142 valence electrons. The van der Waals surface area contributed by atoms with Crippen LogP contribution >= 0.6 is 11.3 Å². The SMILES string of the molecule is CCN(C(C)=O)c1nc(/C=C/C(=O)c2ccc(N3CCCCC3)cc2)cs1. The summed E-state index contributed by atoms with van der Waals surface area (Å²) in [7, 11) is 0. The van der Waals surface area contributed by atoms with Gasteiger partial charge in [-0.25, -0.2) is 4.98 Å². The van der Waals surface area contributed by atoms with Crippen molar-refractivity contribution in [3.8, 4) is 0 Å². The van der Waals surface area contributed by atoms with E-state index in [0.29, 0.717) is 22.9 Å². The molecule has 0 aliphatic carbocycles. The van der Waals surface area contributed by atoms with Gasteiger partial charge in [-0.05, 0) is 62.6 Å². The maximum Gasteiger partial charge on any atom is 0.225 e. The molecule has 5 nitrogen and oxygen atoms in total. The van der Waals surface area contributed by atoms with E-state index in [1.54, 1.807) is 17.1 Å². The predicted octanol–water partition coefficient (Wildman–Crippen LogP) is 4.40. The number of anilines is 2. The summed E-state index contributed by atoms with van der Waals surface area (Å²) in [5.74, 6) is -0.0825. The highest BCUT2D eigenvalue weighted by molar-refractivity contribution is 7.14. The van der Waals surface area contributed by atoms with E-state index in [0.717, 1.165) is 13.1 Å². The molecule has 0 saturated carbocycles. The maximum atomic E-state index is 12.4. The molecule has 1 aromatic heterocycles. The van der Waals surface area contributed by atoms with Crippen molar-refractivity contribution in [2.45, 2.75) is 33.1 Å². The van der Waals surface area contributed by atoms with E-state index in [9.17, 15) is 9.59 Å². The first-order valence-corrected chi connectivity index (χ1v) is 10.3. The first-order chi connectivity index (χ1) is 13.1. The number of benzene rings is 1. The number of aromatic nitrogens is 1. The van der Waals surface area contributed by atoms with Crippen LogP contribution in [-0.2, 0) is 4.79 Å². The Balaban J connectivity index is 1.64. The van der Waals surface area contributed by atoms with Crippen LogP contribution in [0.2, 0.25) is 0 Å². The normalized spacial score (nSPS) is 14.5. The number of nitrogens with zero attached hydrogens (tertiary/aromatic N) is 3. The number of piperidine rings is 1. The van der Waals surface area contributed by atoms with Gasteiger partial charge in [0.15, 0.2) is 10.9 Å². The number of hydrogen-bond acceptors (Lipinski definition) is 5. The number of rotatable bonds is 6. The van der Waals surface area contributed by atoms with E-state index >= 15 is 0 Å². The molecule has 27 heavy (non-hydrogen) atoms. The van der Waals surface area contributed by atoms with Gasteiger partial charge in [0.25, 0.3) is 0 Å². The second-order valence-corrected chi connectivity index (χ2v) is 7.45. The third-order valence-electron chi connectivity index (χ3n) is 4.72. The molecule has 0 unspecified atom stereocenters. The number of hydrogen-bond donors (Lipinski definition) is 0. The second-order valence-electron chi connectivity index (χ2n) is 6.61. The largest absolute Gasteiger partial charge is 0.372 e. The van der Waals surface area contributed by atoms with Gasteiger partial charge in [-0.2, -0.15) is 0 Å². The van der Waals surface area contributed by atoms with Crippen LogP contribution in [0.4, 0.5) is 10.8 Å². The van der Waals surface area contributed by atoms with Crippen LogP contribution in [0.1, 0.15) is 49.2 Å². The van der Waals surface area contributed by atoms with Crippen LogP contribution in [0.25, 0.3) is 6.08 Å². The summed E-state index contributed by atoms with van der Waals surface area (Å²) in [6.07, 6.45) is 7.02. The smallest absolute Gasteiger partial charge is 0.225 e. The fourth-order valence-electron chi connectivity index (χ4n) is 3.22. The average molecular weight is 384 g/mol. The summed E-state index contributed by atoms with van der Waals surface area (Å²) < 4.78 is 0. The molecule has 0 atom stereocenters. The molecule has 6 heteroatoms. The van der Waals surface area contributed by atoms with Crippen molar-refractivity contribution in [2.24, 2.45) is 0 Å². The Hall–Kier alpha value is -2.47. The molecule has 0 spiro atoms. The van der Waals surface area contributed by atoms with Crippen LogP contribution in [0.15, 0.2) is 35.7 Å². The first kappa shape index (κ1) is 19.3. The van der Waals surface area contributed by atoms with Gasteiger partial charge in [0.2, 0.25) is 5.91 Å². The minimum absolute atomic E-state index is 0.0350. The van der Waals surface area contributed by atoms with Crippen molar-refractivity contribution < 1.29 is 9.59 Å². The number of thiazole rings is 1. The van der Waals surface area contributed by atoms with Gasteiger partial charge >= 0.3 is 0 Å². The van der Waals surface area contributed by atoms with Crippen molar-refractivity contribution in [3.63, 3.8) is 0 Å². The lowest BCUT2D eigenvalue weighted by Crippen LogP contribution is -2.29.